The van der Waals surface area contributed by atoms with Crippen LogP contribution in [0.15, 0.2) is 4.99 Å². The van der Waals surface area contributed by atoms with Gasteiger partial charge in [0.05, 0.1) is 12.6 Å². The van der Waals surface area contributed by atoms with Crippen LogP contribution in [0.1, 0.15) is 27.2 Å². The van der Waals surface area contributed by atoms with E-state index in [4.69, 9.17) is 5.73 Å². The molecule has 1 unspecified atom stereocenters. The molecule has 2 N–H and O–H groups in total. The van der Waals surface area contributed by atoms with Crippen molar-refractivity contribution in [2.24, 2.45) is 10.7 Å². The maximum absolute atomic E-state index is 5.72. The molecule has 0 aromatic rings. The van der Waals surface area contributed by atoms with Crippen molar-refractivity contribution in [3.8, 4) is 0 Å². The number of hydrogen-bond acceptors (Lipinski definition) is 3. The molecule has 0 radical (unpaired) electrons. The third-order valence-corrected chi connectivity index (χ3v) is 2.15. The summed E-state index contributed by atoms with van der Waals surface area (Å²) in [6.07, 6.45) is 1.13. The largest absolute Gasteiger partial charge is 0.370 e. The predicted molar refractivity (Wildman–Crippen MR) is 47.5 cm³/mol. The summed E-state index contributed by atoms with van der Waals surface area (Å²) in [5, 5.41) is 0. The molecule has 0 saturated heterocycles. The third kappa shape index (κ3) is 1.47. The second-order valence-corrected chi connectivity index (χ2v) is 3.26. The quantitative estimate of drug-likeness (QED) is 0.641. The van der Waals surface area contributed by atoms with Gasteiger partial charge in [0.25, 0.3) is 0 Å². The minimum atomic E-state index is 0.478. The van der Waals surface area contributed by atoms with Crippen LogP contribution in [-0.2, 0) is 0 Å². The molecular formula is C8H17N3. The van der Waals surface area contributed by atoms with Crippen molar-refractivity contribution in [1.82, 2.24) is 4.90 Å². The number of guanidine groups is 1. The van der Waals surface area contributed by atoms with Crippen LogP contribution in [0.3, 0.4) is 0 Å². The Morgan fingerprint density at radius 1 is 1.73 bits per heavy atom. The highest BCUT2D eigenvalue weighted by Gasteiger charge is 2.25. The number of nitrogens with zero attached hydrogens (tertiary/aromatic N) is 2. The first-order valence-electron chi connectivity index (χ1n) is 4.25. The normalized spacial score (nSPS) is 24.5. The molecule has 0 bridgehead atoms. The van der Waals surface area contributed by atoms with E-state index in [1.54, 1.807) is 0 Å². The summed E-state index contributed by atoms with van der Waals surface area (Å²) in [7, 11) is 0. The molecule has 0 spiro atoms. The lowest BCUT2D eigenvalue weighted by Crippen LogP contribution is -2.44. The van der Waals surface area contributed by atoms with Gasteiger partial charge in [0, 0.05) is 6.04 Å². The molecule has 1 atom stereocenters. The zero-order valence-electron chi connectivity index (χ0n) is 7.54. The standard InChI is InChI=1S/C8H17N3/c1-4-7-5-10-8(9)11(7)6(2)3/h6-7H,4-5H2,1-3H3,(H2,9,10). The summed E-state index contributed by atoms with van der Waals surface area (Å²) < 4.78 is 0. The minimum absolute atomic E-state index is 0.478. The SMILES string of the molecule is CCC1CN=C(N)N1C(C)C. The summed E-state index contributed by atoms with van der Waals surface area (Å²) in [6, 6.07) is 1.01. The molecule has 0 saturated carbocycles. The first kappa shape index (κ1) is 8.37. The van der Waals surface area contributed by atoms with E-state index in [1.807, 2.05) is 0 Å². The van der Waals surface area contributed by atoms with E-state index in [0.717, 1.165) is 13.0 Å². The van der Waals surface area contributed by atoms with Gasteiger partial charge < -0.3 is 10.6 Å². The van der Waals surface area contributed by atoms with Crippen LogP contribution in [0.5, 0.6) is 0 Å². The zero-order valence-corrected chi connectivity index (χ0v) is 7.54. The van der Waals surface area contributed by atoms with E-state index < -0.39 is 0 Å². The Morgan fingerprint density at radius 3 is 2.73 bits per heavy atom. The second-order valence-electron chi connectivity index (χ2n) is 3.26. The Hall–Kier alpha value is -0.730. The summed E-state index contributed by atoms with van der Waals surface area (Å²) in [4.78, 5) is 6.41. The van der Waals surface area contributed by atoms with Crippen molar-refractivity contribution >= 4 is 5.96 Å². The van der Waals surface area contributed by atoms with Gasteiger partial charge in [0.1, 0.15) is 0 Å². The topological polar surface area (TPSA) is 41.6 Å². The van der Waals surface area contributed by atoms with Gasteiger partial charge in [-0.25, -0.2) is 0 Å². The first-order chi connectivity index (χ1) is 5.16. The van der Waals surface area contributed by atoms with Crippen LogP contribution < -0.4 is 5.73 Å². The molecule has 1 heterocycles. The minimum Gasteiger partial charge on any atom is -0.370 e. The smallest absolute Gasteiger partial charge is 0.191 e. The highest BCUT2D eigenvalue weighted by atomic mass is 15.3. The first-order valence-corrected chi connectivity index (χ1v) is 4.25. The molecule has 0 aliphatic carbocycles. The lowest BCUT2D eigenvalue weighted by atomic mass is 10.2. The van der Waals surface area contributed by atoms with E-state index in [0.29, 0.717) is 18.0 Å². The molecule has 0 aromatic heterocycles. The summed E-state index contributed by atoms with van der Waals surface area (Å²) >= 11 is 0. The van der Waals surface area contributed by atoms with E-state index in [9.17, 15) is 0 Å². The summed E-state index contributed by atoms with van der Waals surface area (Å²) in [6.45, 7) is 7.35. The maximum Gasteiger partial charge on any atom is 0.191 e. The van der Waals surface area contributed by atoms with Crippen LogP contribution in [-0.4, -0.2) is 29.5 Å². The zero-order chi connectivity index (χ0) is 8.43. The van der Waals surface area contributed by atoms with Crippen LogP contribution in [0.25, 0.3) is 0 Å². The van der Waals surface area contributed by atoms with E-state index in [-0.39, 0.29) is 0 Å². The summed E-state index contributed by atoms with van der Waals surface area (Å²) in [5.74, 6) is 0.715. The Balaban J connectivity index is 2.64. The van der Waals surface area contributed by atoms with Gasteiger partial charge in [-0.3, -0.25) is 4.99 Å². The highest BCUT2D eigenvalue weighted by Crippen LogP contribution is 2.14. The van der Waals surface area contributed by atoms with Gasteiger partial charge in [-0.1, -0.05) is 6.92 Å². The van der Waals surface area contributed by atoms with Crippen molar-refractivity contribution in [2.45, 2.75) is 39.3 Å². The average molecular weight is 155 g/mol. The molecule has 0 fully saturated rings. The van der Waals surface area contributed by atoms with Gasteiger partial charge in [0.15, 0.2) is 5.96 Å². The Bertz CT molecular complexity index is 163. The van der Waals surface area contributed by atoms with Crippen molar-refractivity contribution < 1.29 is 0 Å². The van der Waals surface area contributed by atoms with Crippen molar-refractivity contribution in [3.05, 3.63) is 0 Å². The maximum atomic E-state index is 5.72. The lowest BCUT2D eigenvalue weighted by Gasteiger charge is -2.29. The molecule has 0 aromatic carbocycles. The molecule has 0 amide bonds. The van der Waals surface area contributed by atoms with Crippen LogP contribution in [0.4, 0.5) is 0 Å². The molecule has 3 heteroatoms. The predicted octanol–water partition coefficient (Wildman–Crippen LogP) is 0.804. The average Bonchev–Trinajstić information content (AvgIpc) is 2.30. The number of hydrogen-bond donors (Lipinski definition) is 1. The van der Waals surface area contributed by atoms with Gasteiger partial charge >= 0.3 is 0 Å². The molecule has 11 heavy (non-hydrogen) atoms. The van der Waals surface area contributed by atoms with Gasteiger partial charge in [-0.2, -0.15) is 0 Å². The molecule has 1 aliphatic rings. The third-order valence-electron chi connectivity index (χ3n) is 2.15. The van der Waals surface area contributed by atoms with Gasteiger partial charge in [-0.15, -0.1) is 0 Å². The van der Waals surface area contributed by atoms with E-state index >= 15 is 0 Å². The van der Waals surface area contributed by atoms with Crippen LogP contribution >= 0.6 is 0 Å². The van der Waals surface area contributed by atoms with Crippen molar-refractivity contribution in [2.75, 3.05) is 6.54 Å². The fourth-order valence-corrected chi connectivity index (χ4v) is 1.57. The lowest BCUT2D eigenvalue weighted by molar-refractivity contribution is 0.279. The van der Waals surface area contributed by atoms with E-state index in [2.05, 4.69) is 30.7 Å². The molecule has 64 valence electrons. The molecule has 3 nitrogen and oxygen atoms in total. The molecular weight excluding hydrogens is 138 g/mol. The number of nitrogens with two attached hydrogens (primary N) is 1. The highest BCUT2D eigenvalue weighted by molar-refractivity contribution is 5.80. The Morgan fingerprint density at radius 2 is 2.36 bits per heavy atom. The number of aliphatic imine (C=N–C) groups is 1. The van der Waals surface area contributed by atoms with Gasteiger partial charge in [0.2, 0.25) is 0 Å². The number of rotatable bonds is 2. The summed E-state index contributed by atoms with van der Waals surface area (Å²) in [5.41, 5.74) is 5.72. The van der Waals surface area contributed by atoms with Crippen molar-refractivity contribution in [3.63, 3.8) is 0 Å². The van der Waals surface area contributed by atoms with Crippen LogP contribution in [0.2, 0.25) is 0 Å². The Kier molecular flexibility index (Phi) is 2.37. The second kappa shape index (κ2) is 3.11. The molecule has 1 aliphatic heterocycles. The fourth-order valence-electron chi connectivity index (χ4n) is 1.57. The fraction of sp³-hybridized carbons (Fsp3) is 0.875. The van der Waals surface area contributed by atoms with Crippen molar-refractivity contribution in [1.29, 1.82) is 0 Å². The van der Waals surface area contributed by atoms with Gasteiger partial charge in [-0.05, 0) is 20.3 Å². The molecule has 1 rings (SSSR count). The van der Waals surface area contributed by atoms with E-state index in [1.165, 1.54) is 0 Å². The van der Waals surface area contributed by atoms with Crippen LogP contribution in [0, 0.1) is 0 Å². The monoisotopic (exact) mass is 155 g/mol. The Labute approximate surface area is 68.3 Å².